The average molecular weight is 256 g/mol. The van der Waals surface area contributed by atoms with E-state index < -0.39 is 17.4 Å². The molecule has 2 N–H and O–H groups in total. The maximum absolute atomic E-state index is 13.7. The Labute approximate surface area is 110 Å². The number of fused-ring (bicyclic) bond motifs is 1. The molecule has 0 saturated heterocycles. The summed E-state index contributed by atoms with van der Waals surface area (Å²) in [6.07, 6.45) is 0. The normalized spacial score (nSPS) is 21.3. The monoisotopic (exact) mass is 256 g/mol. The van der Waals surface area contributed by atoms with Gasteiger partial charge in [0.2, 0.25) is 0 Å². The zero-order valence-corrected chi connectivity index (χ0v) is 10.4. The molecule has 1 aliphatic heterocycles. The van der Waals surface area contributed by atoms with Gasteiger partial charge < -0.3 is 10.6 Å². The molecule has 0 bridgehead atoms. The average Bonchev–Trinajstić information content (AvgIpc) is 2.39. The summed E-state index contributed by atoms with van der Waals surface area (Å²) in [6.45, 7) is 1.86. The Morgan fingerprint density at radius 3 is 2.47 bits per heavy atom. The zero-order valence-electron chi connectivity index (χ0n) is 10.4. The predicted octanol–water partition coefficient (Wildman–Crippen LogP) is 2.85. The number of amides is 1. The Balaban J connectivity index is 2.09. The lowest BCUT2D eigenvalue weighted by Crippen LogP contribution is -2.53. The van der Waals surface area contributed by atoms with E-state index in [-0.39, 0.29) is 5.56 Å². The highest BCUT2D eigenvalue weighted by molar-refractivity contribution is 6.02. The summed E-state index contributed by atoms with van der Waals surface area (Å²) in [5, 5.41) is 6.00. The van der Waals surface area contributed by atoms with Gasteiger partial charge >= 0.3 is 0 Å². The molecule has 19 heavy (non-hydrogen) atoms. The van der Waals surface area contributed by atoms with Crippen LogP contribution in [0.4, 0.5) is 10.1 Å². The van der Waals surface area contributed by atoms with Gasteiger partial charge in [0.15, 0.2) is 0 Å². The van der Waals surface area contributed by atoms with E-state index in [0.717, 1.165) is 5.56 Å². The third-order valence-electron chi connectivity index (χ3n) is 3.34. The van der Waals surface area contributed by atoms with Crippen molar-refractivity contribution in [3.05, 3.63) is 65.5 Å². The molecule has 0 aromatic heterocycles. The van der Waals surface area contributed by atoms with E-state index in [4.69, 9.17) is 0 Å². The number of hydrogen-bond acceptors (Lipinski definition) is 2. The minimum Gasteiger partial charge on any atom is -0.359 e. The van der Waals surface area contributed by atoms with Gasteiger partial charge in [-0.15, -0.1) is 0 Å². The molecule has 2 aromatic rings. The Morgan fingerprint density at radius 1 is 1.00 bits per heavy atom. The van der Waals surface area contributed by atoms with E-state index in [9.17, 15) is 9.18 Å². The first-order valence-electron chi connectivity index (χ1n) is 6.05. The van der Waals surface area contributed by atoms with Gasteiger partial charge in [-0.25, -0.2) is 4.39 Å². The highest BCUT2D eigenvalue weighted by Crippen LogP contribution is 2.31. The van der Waals surface area contributed by atoms with Crippen LogP contribution < -0.4 is 10.6 Å². The maximum atomic E-state index is 13.7. The van der Waals surface area contributed by atoms with Gasteiger partial charge in [0.1, 0.15) is 11.5 Å². The Kier molecular flexibility index (Phi) is 2.52. The largest absolute Gasteiger partial charge is 0.359 e. The van der Waals surface area contributed by atoms with Crippen LogP contribution >= 0.6 is 0 Å². The topological polar surface area (TPSA) is 41.1 Å². The number of rotatable bonds is 1. The van der Waals surface area contributed by atoms with Crippen molar-refractivity contribution in [2.45, 2.75) is 12.6 Å². The number of halogens is 1. The second-order valence-corrected chi connectivity index (χ2v) is 4.73. The van der Waals surface area contributed by atoms with Gasteiger partial charge in [0.05, 0.1) is 11.3 Å². The van der Waals surface area contributed by atoms with E-state index in [2.05, 4.69) is 10.6 Å². The highest BCUT2D eigenvalue weighted by atomic mass is 19.1. The zero-order chi connectivity index (χ0) is 13.5. The second kappa shape index (κ2) is 4.09. The lowest BCUT2D eigenvalue weighted by atomic mass is 9.96. The summed E-state index contributed by atoms with van der Waals surface area (Å²) in [4.78, 5) is 12.1. The number of nitrogens with one attached hydrogen (secondary N) is 2. The van der Waals surface area contributed by atoms with Crippen LogP contribution in [0.15, 0.2) is 48.5 Å². The summed E-state index contributed by atoms with van der Waals surface area (Å²) in [5.74, 6) is -0.921. The highest BCUT2D eigenvalue weighted by Gasteiger charge is 2.35. The molecule has 3 rings (SSSR count). The van der Waals surface area contributed by atoms with E-state index >= 15 is 0 Å². The SMILES string of the molecule is CC1(c2ccccc2)NC(=O)c2c(F)cccc2N1. The molecular weight excluding hydrogens is 243 g/mol. The molecule has 1 heterocycles. The molecule has 96 valence electrons. The maximum Gasteiger partial charge on any atom is 0.258 e. The minimum atomic E-state index is -0.737. The number of benzene rings is 2. The summed E-state index contributed by atoms with van der Waals surface area (Å²) < 4.78 is 13.7. The van der Waals surface area contributed by atoms with E-state index in [1.807, 2.05) is 37.3 Å². The summed E-state index contributed by atoms with van der Waals surface area (Å²) in [7, 11) is 0. The number of carbonyl (C=O) groups is 1. The lowest BCUT2D eigenvalue weighted by molar-refractivity contribution is 0.0902. The van der Waals surface area contributed by atoms with E-state index in [1.54, 1.807) is 12.1 Å². The molecule has 0 fully saturated rings. The van der Waals surface area contributed by atoms with Crippen LogP contribution in [0.1, 0.15) is 22.8 Å². The molecule has 2 aromatic carbocycles. The van der Waals surface area contributed by atoms with Crippen LogP contribution in [0, 0.1) is 5.82 Å². The third kappa shape index (κ3) is 1.85. The van der Waals surface area contributed by atoms with Crippen LogP contribution in [-0.4, -0.2) is 5.91 Å². The van der Waals surface area contributed by atoms with Crippen molar-refractivity contribution in [2.24, 2.45) is 0 Å². The van der Waals surface area contributed by atoms with Crippen molar-refractivity contribution in [1.82, 2.24) is 5.32 Å². The van der Waals surface area contributed by atoms with Crippen LogP contribution in [0.5, 0.6) is 0 Å². The summed E-state index contributed by atoms with van der Waals surface area (Å²) in [6, 6.07) is 14.1. The van der Waals surface area contributed by atoms with Gasteiger partial charge in [-0.3, -0.25) is 4.79 Å². The number of carbonyl (C=O) groups excluding carboxylic acids is 1. The molecule has 0 saturated carbocycles. The van der Waals surface area contributed by atoms with Gasteiger partial charge in [0.25, 0.3) is 5.91 Å². The van der Waals surface area contributed by atoms with Crippen molar-refractivity contribution in [3.63, 3.8) is 0 Å². The molecule has 0 aliphatic carbocycles. The molecule has 1 aliphatic rings. The molecule has 0 spiro atoms. The van der Waals surface area contributed by atoms with Crippen LogP contribution in [0.3, 0.4) is 0 Å². The molecule has 4 heteroatoms. The van der Waals surface area contributed by atoms with Gasteiger partial charge in [-0.2, -0.15) is 0 Å². The van der Waals surface area contributed by atoms with Crippen LogP contribution in [-0.2, 0) is 5.66 Å². The fraction of sp³-hybridized carbons (Fsp3) is 0.133. The Bertz CT molecular complexity index is 642. The fourth-order valence-corrected chi connectivity index (χ4v) is 2.37. The van der Waals surface area contributed by atoms with Gasteiger partial charge in [-0.1, -0.05) is 36.4 Å². The minimum absolute atomic E-state index is 0.0657. The molecule has 1 atom stereocenters. The summed E-state index contributed by atoms with van der Waals surface area (Å²) >= 11 is 0. The lowest BCUT2D eigenvalue weighted by Gasteiger charge is -2.38. The smallest absolute Gasteiger partial charge is 0.258 e. The quantitative estimate of drug-likeness (QED) is 0.823. The standard InChI is InChI=1S/C15H13FN2O/c1-15(10-6-3-2-4-7-10)17-12-9-5-8-11(16)13(12)14(19)18-15/h2-9,17H,1H3,(H,18,19). The van der Waals surface area contributed by atoms with Crippen molar-refractivity contribution in [1.29, 1.82) is 0 Å². The fourth-order valence-electron chi connectivity index (χ4n) is 2.37. The van der Waals surface area contributed by atoms with Gasteiger partial charge in [0, 0.05) is 0 Å². The third-order valence-corrected chi connectivity index (χ3v) is 3.34. The van der Waals surface area contributed by atoms with Crippen molar-refractivity contribution in [3.8, 4) is 0 Å². The molecule has 3 nitrogen and oxygen atoms in total. The van der Waals surface area contributed by atoms with E-state index in [0.29, 0.717) is 5.69 Å². The molecular formula is C15H13FN2O. The van der Waals surface area contributed by atoms with Crippen LogP contribution in [0.2, 0.25) is 0 Å². The van der Waals surface area contributed by atoms with Crippen molar-refractivity contribution in [2.75, 3.05) is 5.32 Å². The first-order valence-corrected chi connectivity index (χ1v) is 6.05. The number of anilines is 1. The Morgan fingerprint density at radius 2 is 1.74 bits per heavy atom. The van der Waals surface area contributed by atoms with Crippen molar-refractivity contribution < 1.29 is 9.18 Å². The van der Waals surface area contributed by atoms with Crippen molar-refractivity contribution >= 4 is 11.6 Å². The molecule has 0 radical (unpaired) electrons. The summed E-state index contributed by atoms with van der Waals surface area (Å²) in [5.41, 5.74) is 0.753. The first kappa shape index (κ1) is 11.7. The van der Waals surface area contributed by atoms with E-state index in [1.165, 1.54) is 6.07 Å². The number of hydrogen-bond donors (Lipinski definition) is 2. The second-order valence-electron chi connectivity index (χ2n) is 4.73. The van der Waals surface area contributed by atoms with Crippen LogP contribution in [0.25, 0.3) is 0 Å². The molecule has 1 unspecified atom stereocenters. The predicted molar refractivity (Wildman–Crippen MR) is 71.3 cm³/mol. The first-order chi connectivity index (χ1) is 9.10. The Hall–Kier alpha value is -2.36. The molecule has 1 amide bonds. The van der Waals surface area contributed by atoms with Gasteiger partial charge in [-0.05, 0) is 24.6 Å².